The van der Waals surface area contributed by atoms with Crippen LogP contribution in [0.5, 0.6) is 0 Å². The standard InChI is InChI=1S/C12H15FSe/c1-3-11(13)12(4-2)14-10-8-6-5-7-9-10/h5-9H,3-4H2,1-2H3/b12-11+. The Labute approximate surface area is 91.4 Å². The van der Waals surface area contributed by atoms with Gasteiger partial charge >= 0.3 is 91.1 Å². The van der Waals surface area contributed by atoms with E-state index in [1.165, 1.54) is 4.46 Å². The number of hydrogen-bond acceptors (Lipinski definition) is 0. The number of rotatable bonds is 4. The molecule has 0 bridgehead atoms. The molecule has 0 fully saturated rings. The van der Waals surface area contributed by atoms with Crippen molar-refractivity contribution in [2.45, 2.75) is 26.7 Å². The summed E-state index contributed by atoms with van der Waals surface area (Å²) in [6, 6.07) is 10.1. The zero-order chi connectivity index (χ0) is 10.4. The van der Waals surface area contributed by atoms with E-state index in [0.29, 0.717) is 6.42 Å². The second kappa shape index (κ2) is 6.00. The van der Waals surface area contributed by atoms with Crippen LogP contribution in [0.25, 0.3) is 0 Å². The quantitative estimate of drug-likeness (QED) is 0.727. The first-order valence-corrected chi connectivity index (χ1v) is 6.59. The number of hydrogen-bond donors (Lipinski definition) is 0. The number of allylic oxidation sites excluding steroid dienone is 2. The zero-order valence-corrected chi connectivity index (χ0v) is 10.3. The molecule has 0 N–H and O–H groups in total. The van der Waals surface area contributed by atoms with E-state index in [1.54, 1.807) is 0 Å². The Kier molecular flexibility index (Phi) is 4.92. The van der Waals surface area contributed by atoms with Crippen LogP contribution in [-0.4, -0.2) is 15.0 Å². The van der Waals surface area contributed by atoms with E-state index in [-0.39, 0.29) is 20.8 Å². The predicted molar refractivity (Wildman–Crippen MR) is 60.5 cm³/mol. The van der Waals surface area contributed by atoms with Gasteiger partial charge in [0.1, 0.15) is 0 Å². The van der Waals surface area contributed by atoms with Gasteiger partial charge in [0, 0.05) is 0 Å². The summed E-state index contributed by atoms with van der Waals surface area (Å²) in [5.41, 5.74) is 0. The molecule has 76 valence electrons. The summed E-state index contributed by atoms with van der Waals surface area (Å²) in [4.78, 5) is 0. The van der Waals surface area contributed by atoms with Crippen LogP contribution in [-0.2, 0) is 0 Å². The summed E-state index contributed by atoms with van der Waals surface area (Å²) in [5, 5.41) is 0. The minimum atomic E-state index is 0.0800. The van der Waals surface area contributed by atoms with Crippen molar-refractivity contribution in [3.05, 3.63) is 40.6 Å². The van der Waals surface area contributed by atoms with Gasteiger partial charge in [-0.15, -0.1) is 0 Å². The van der Waals surface area contributed by atoms with E-state index in [0.717, 1.165) is 10.9 Å². The van der Waals surface area contributed by atoms with Gasteiger partial charge < -0.3 is 0 Å². The molecule has 0 saturated carbocycles. The van der Waals surface area contributed by atoms with Crippen LogP contribution in [0, 0.1) is 0 Å². The monoisotopic (exact) mass is 258 g/mol. The summed E-state index contributed by atoms with van der Waals surface area (Å²) in [7, 11) is 0. The Hall–Kier alpha value is -0.591. The van der Waals surface area contributed by atoms with Crippen LogP contribution in [0.3, 0.4) is 0 Å². The van der Waals surface area contributed by atoms with Gasteiger partial charge in [0.15, 0.2) is 0 Å². The van der Waals surface area contributed by atoms with E-state index in [1.807, 2.05) is 32.0 Å². The molecule has 0 aliphatic rings. The van der Waals surface area contributed by atoms with Gasteiger partial charge in [-0.05, 0) is 0 Å². The molecule has 1 aromatic carbocycles. The Bertz CT molecular complexity index is 303. The third-order valence-corrected chi connectivity index (χ3v) is 4.57. The van der Waals surface area contributed by atoms with E-state index >= 15 is 0 Å². The second-order valence-corrected chi connectivity index (χ2v) is 5.40. The molecule has 0 amide bonds. The van der Waals surface area contributed by atoms with Gasteiger partial charge in [0.25, 0.3) is 0 Å². The van der Waals surface area contributed by atoms with Crippen LogP contribution >= 0.6 is 0 Å². The fourth-order valence-corrected chi connectivity index (χ4v) is 3.20. The van der Waals surface area contributed by atoms with Gasteiger partial charge in [0.05, 0.1) is 0 Å². The first kappa shape index (κ1) is 11.5. The minimum absolute atomic E-state index is 0.0800. The van der Waals surface area contributed by atoms with E-state index < -0.39 is 0 Å². The molecule has 0 aliphatic carbocycles. The van der Waals surface area contributed by atoms with Gasteiger partial charge in [-0.2, -0.15) is 0 Å². The Morgan fingerprint density at radius 1 is 1.14 bits per heavy atom. The van der Waals surface area contributed by atoms with Crippen molar-refractivity contribution in [2.24, 2.45) is 0 Å². The molecular weight excluding hydrogens is 242 g/mol. The van der Waals surface area contributed by atoms with Gasteiger partial charge in [0.2, 0.25) is 0 Å². The van der Waals surface area contributed by atoms with Crippen molar-refractivity contribution in [3.8, 4) is 0 Å². The molecule has 0 aliphatic heterocycles. The Morgan fingerprint density at radius 3 is 2.29 bits per heavy atom. The molecule has 0 saturated heterocycles. The van der Waals surface area contributed by atoms with Crippen LogP contribution in [0.2, 0.25) is 0 Å². The Balaban J connectivity index is 2.77. The van der Waals surface area contributed by atoms with E-state index in [9.17, 15) is 4.39 Å². The SMILES string of the molecule is CC/C(F)=C(/CC)[Se]c1ccccc1. The third kappa shape index (κ3) is 3.28. The maximum absolute atomic E-state index is 13.4. The van der Waals surface area contributed by atoms with Crippen LogP contribution < -0.4 is 4.46 Å². The molecule has 0 unspecified atom stereocenters. The second-order valence-electron chi connectivity index (χ2n) is 2.95. The molecule has 0 aromatic heterocycles. The number of halogens is 1. The predicted octanol–water partition coefficient (Wildman–Crippen LogP) is 3.02. The summed E-state index contributed by atoms with van der Waals surface area (Å²) < 4.78 is 15.6. The van der Waals surface area contributed by atoms with Gasteiger partial charge in [-0.25, -0.2) is 0 Å². The van der Waals surface area contributed by atoms with Crippen LogP contribution in [0.15, 0.2) is 40.6 Å². The Morgan fingerprint density at radius 2 is 1.79 bits per heavy atom. The fraction of sp³-hybridized carbons (Fsp3) is 0.333. The van der Waals surface area contributed by atoms with Gasteiger partial charge in [-0.1, -0.05) is 0 Å². The molecule has 1 aromatic rings. The molecule has 0 spiro atoms. The summed E-state index contributed by atoms with van der Waals surface area (Å²) >= 11 is 0.163. The zero-order valence-electron chi connectivity index (χ0n) is 8.59. The van der Waals surface area contributed by atoms with Gasteiger partial charge in [-0.3, -0.25) is 0 Å². The first-order valence-electron chi connectivity index (χ1n) is 4.88. The van der Waals surface area contributed by atoms with Crippen molar-refractivity contribution in [3.63, 3.8) is 0 Å². The van der Waals surface area contributed by atoms with Crippen molar-refractivity contribution >= 4 is 19.4 Å². The summed E-state index contributed by atoms with van der Waals surface area (Å²) in [6.07, 6.45) is 1.35. The van der Waals surface area contributed by atoms with E-state index in [4.69, 9.17) is 0 Å². The van der Waals surface area contributed by atoms with E-state index in [2.05, 4.69) is 12.1 Å². The third-order valence-electron chi connectivity index (χ3n) is 1.92. The maximum atomic E-state index is 13.4. The normalized spacial score (nSPS) is 12.5. The summed E-state index contributed by atoms with van der Waals surface area (Å²) in [5.74, 6) is 0.0800. The summed E-state index contributed by atoms with van der Waals surface area (Å²) in [6.45, 7) is 3.89. The number of benzene rings is 1. The molecule has 1 rings (SSSR count). The average Bonchev–Trinajstić information content (AvgIpc) is 2.26. The molecule has 0 radical (unpaired) electrons. The molecule has 0 heterocycles. The fourth-order valence-electron chi connectivity index (χ4n) is 1.15. The van der Waals surface area contributed by atoms with Crippen molar-refractivity contribution < 1.29 is 4.39 Å². The molecule has 0 nitrogen and oxygen atoms in total. The molecule has 0 atom stereocenters. The molecule has 2 heteroatoms. The van der Waals surface area contributed by atoms with Crippen LogP contribution in [0.4, 0.5) is 4.39 Å². The van der Waals surface area contributed by atoms with Crippen LogP contribution in [0.1, 0.15) is 26.7 Å². The topological polar surface area (TPSA) is 0 Å². The molecular formula is C12H15FSe. The molecule has 14 heavy (non-hydrogen) atoms. The average molecular weight is 257 g/mol. The van der Waals surface area contributed by atoms with Crippen molar-refractivity contribution in [2.75, 3.05) is 0 Å². The van der Waals surface area contributed by atoms with Crippen molar-refractivity contribution in [1.82, 2.24) is 0 Å². The van der Waals surface area contributed by atoms with Crippen molar-refractivity contribution in [1.29, 1.82) is 0 Å². The first-order chi connectivity index (χ1) is 6.77.